The average Bonchev–Trinajstić information content (AvgIpc) is 2.77. The molecule has 2 N–H and O–H groups in total. The van der Waals surface area contributed by atoms with E-state index in [1.165, 1.54) is 10.4 Å². The first-order valence-corrected chi connectivity index (χ1v) is 7.36. The lowest BCUT2D eigenvalue weighted by molar-refractivity contribution is 0.411. The number of methoxy groups -OCH3 is 1. The van der Waals surface area contributed by atoms with Crippen molar-refractivity contribution in [1.82, 2.24) is 0 Å². The summed E-state index contributed by atoms with van der Waals surface area (Å²) in [6, 6.07) is 10.5. The fourth-order valence-electron chi connectivity index (χ4n) is 2.05. The lowest BCUT2D eigenvalue weighted by Crippen LogP contribution is -2.12. The Morgan fingerprint density at radius 2 is 2.11 bits per heavy atom. The molecule has 0 saturated carbocycles. The zero-order valence-electron chi connectivity index (χ0n) is 10.4. The third kappa shape index (κ3) is 2.76. The van der Waals surface area contributed by atoms with Gasteiger partial charge in [-0.15, -0.1) is 11.3 Å². The normalized spacial score (nSPS) is 12.4. The largest absolute Gasteiger partial charge is 0.496 e. The summed E-state index contributed by atoms with van der Waals surface area (Å²) in [5.41, 5.74) is 8.31. The summed E-state index contributed by atoms with van der Waals surface area (Å²) in [4.78, 5) is 1.29. The molecule has 0 aliphatic heterocycles. The van der Waals surface area contributed by atoms with Gasteiger partial charge in [0.15, 0.2) is 0 Å². The maximum atomic E-state index is 5.93. The topological polar surface area (TPSA) is 35.2 Å². The molecule has 0 bridgehead atoms. The minimum absolute atomic E-state index is 0.255. The van der Waals surface area contributed by atoms with E-state index in [9.17, 15) is 0 Å². The Hall–Kier alpha value is -0.840. The Bertz CT molecular complexity index is 538. The second kappa shape index (κ2) is 5.87. The van der Waals surface area contributed by atoms with E-state index < -0.39 is 0 Å². The van der Waals surface area contributed by atoms with E-state index in [4.69, 9.17) is 10.5 Å². The minimum atomic E-state index is 0.255. The summed E-state index contributed by atoms with van der Waals surface area (Å²) in [5.74, 6) is 1.17. The molecule has 1 heterocycles. The fraction of sp³-hybridized carbons (Fsp3) is 0.286. The van der Waals surface area contributed by atoms with Gasteiger partial charge in [0.05, 0.1) is 10.9 Å². The smallest absolute Gasteiger partial charge is 0.121 e. The molecule has 96 valence electrons. The fourth-order valence-corrected chi connectivity index (χ4v) is 3.62. The molecule has 0 aliphatic rings. The number of nitrogens with two attached hydrogens (primary N) is 1. The number of hydrogen-bond donors (Lipinski definition) is 1. The zero-order valence-corrected chi connectivity index (χ0v) is 12.8. The summed E-state index contributed by atoms with van der Waals surface area (Å²) >= 11 is 5.23. The maximum Gasteiger partial charge on any atom is 0.121 e. The molecule has 0 saturated heterocycles. The summed E-state index contributed by atoms with van der Waals surface area (Å²) < 4.78 is 6.43. The van der Waals surface area contributed by atoms with Gasteiger partial charge in [-0.25, -0.2) is 0 Å². The van der Waals surface area contributed by atoms with Crippen LogP contribution in [0.1, 0.15) is 21.9 Å². The molecule has 2 nitrogen and oxygen atoms in total. The van der Waals surface area contributed by atoms with Crippen LogP contribution in [0.3, 0.4) is 0 Å². The molecular weight excluding hydrogens is 310 g/mol. The van der Waals surface area contributed by atoms with E-state index in [1.807, 2.05) is 6.07 Å². The van der Waals surface area contributed by atoms with Crippen LogP contribution < -0.4 is 10.5 Å². The zero-order chi connectivity index (χ0) is 13.1. The molecule has 1 aromatic heterocycles. The monoisotopic (exact) mass is 325 g/mol. The first-order valence-electron chi connectivity index (χ1n) is 5.75. The summed E-state index contributed by atoms with van der Waals surface area (Å²) in [5, 5.41) is 0. The van der Waals surface area contributed by atoms with Crippen LogP contribution in [0.4, 0.5) is 0 Å². The van der Waals surface area contributed by atoms with Crippen molar-refractivity contribution >= 4 is 27.3 Å². The standard InChI is InChI=1S/C14H16BrNOS/c1-9-7-10(3-4-12(9)17-2)11(8-16)13-5-6-14(15)18-13/h3-7,11H,8,16H2,1-2H3. The van der Waals surface area contributed by atoms with Gasteiger partial charge in [-0.1, -0.05) is 12.1 Å². The predicted octanol–water partition coefficient (Wildman–Crippen LogP) is 3.92. The highest BCUT2D eigenvalue weighted by molar-refractivity contribution is 9.11. The third-order valence-electron chi connectivity index (χ3n) is 2.99. The molecule has 2 aromatic rings. The van der Waals surface area contributed by atoms with Gasteiger partial charge in [-0.2, -0.15) is 0 Å². The molecule has 1 aromatic carbocycles. The van der Waals surface area contributed by atoms with Gasteiger partial charge < -0.3 is 10.5 Å². The van der Waals surface area contributed by atoms with Crippen LogP contribution >= 0.6 is 27.3 Å². The third-order valence-corrected chi connectivity index (χ3v) is 4.73. The highest BCUT2D eigenvalue weighted by atomic mass is 79.9. The number of halogens is 1. The second-order valence-corrected chi connectivity index (χ2v) is 6.65. The molecule has 0 fully saturated rings. The maximum absolute atomic E-state index is 5.93. The van der Waals surface area contributed by atoms with Crippen LogP contribution in [-0.2, 0) is 0 Å². The van der Waals surface area contributed by atoms with Crippen molar-refractivity contribution < 1.29 is 4.74 Å². The van der Waals surface area contributed by atoms with E-state index in [0.717, 1.165) is 15.1 Å². The molecule has 18 heavy (non-hydrogen) atoms. The van der Waals surface area contributed by atoms with Crippen LogP contribution in [0.15, 0.2) is 34.1 Å². The molecule has 0 amide bonds. The van der Waals surface area contributed by atoms with Crippen molar-refractivity contribution in [3.63, 3.8) is 0 Å². The lowest BCUT2D eigenvalue weighted by Gasteiger charge is -2.15. The van der Waals surface area contributed by atoms with E-state index in [-0.39, 0.29) is 5.92 Å². The Balaban J connectivity index is 2.36. The van der Waals surface area contributed by atoms with Crippen LogP contribution in [-0.4, -0.2) is 13.7 Å². The van der Waals surface area contributed by atoms with E-state index in [2.05, 4.69) is 47.1 Å². The summed E-state index contributed by atoms with van der Waals surface area (Å²) in [7, 11) is 1.69. The number of ether oxygens (including phenoxy) is 1. The Morgan fingerprint density at radius 3 is 2.61 bits per heavy atom. The quantitative estimate of drug-likeness (QED) is 0.924. The first kappa shape index (κ1) is 13.6. The Labute approximate surface area is 120 Å². The number of rotatable bonds is 4. The van der Waals surface area contributed by atoms with Crippen LogP contribution in [0.2, 0.25) is 0 Å². The lowest BCUT2D eigenvalue weighted by atomic mass is 9.96. The second-order valence-electron chi connectivity index (χ2n) is 4.16. The average molecular weight is 326 g/mol. The SMILES string of the molecule is COc1ccc(C(CN)c2ccc(Br)s2)cc1C. The van der Waals surface area contributed by atoms with Crippen molar-refractivity contribution in [2.24, 2.45) is 5.73 Å². The van der Waals surface area contributed by atoms with E-state index in [1.54, 1.807) is 18.4 Å². The summed E-state index contributed by atoms with van der Waals surface area (Å²) in [6.45, 7) is 2.67. The number of thiophene rings is 1. The van der Waals surface area contributed by atoms with Crippen LogP contribution in [0.25, 0.3) is 0 Å². The Morgan fingerprint density at radius 1 is 1.33 bits per heavy atom. The van der Waals surface area contributed by atoms with Gasteiger partial charge in [0, 0.05) is 17.3 Å². The molecule has 1 atom stereocenters. The van der Waals surface area contributed by atoms with Crippen molar-refractivity contribution in [2.45, 2.75) is 12.8 Å². The van der Waals surface area contributed by atoms with E-state index >= 15 is 0 Å². The van der Waals surface area contributed by atoms with Gasteiger partial charge >= 0.3 is 0 Å². The highest BCUT2D eigenvalue weighted by Crippen LogP contribution is 2.33. The number of aryl methyl sites for hydroxylation is 1. The van der Waals surface area contributed by atoms with Crippen molar-refractivity contribution in [3.05, 3.63) is 50.1 Å². The van der Waals surface area contributed by atoms with Crippen molar-refractivity contribution in [2.75, 3.05) is 13.7 Å². The predicted molar refractivity (Wildman–Crippen MR) is 80.6 cm³/mol. The summed E-state index contributed by atoms with van der Waals surface area (Å²) in [6.07, 6.45) is 0. The number of benzene rings is 1. The van der Waals surface area contributed by atoms with Crippen LogP contribution in [0, 0.1) is 6.92 Å². The molecule has 0 radical (unpaired) electrons. The van der Waals surface area contributed by atoms with Gasteiger partial charge in [-0.05, 0) is 52.2 Å². The van der Waals surface area contributed by atoms with Gasteiger partial charge in [0.25, 0.3) is 0 Å². The molecule has 1 unspecified atom stereocenters. The van der Waals surface area contributed by atoms with Gasteiger partial charge in [0.2, 0.25) is 0 Å². The van der Waals surface area contributed by atoms with Crippen molar-refractivity contribution in [1.29, 1.82) is 0 Å². The molecule has 4 heteroatoms. The molecule has 0 spiro atoms. The van der Waals surface area contributed by atoms with Gasteiger partial charge in [0.1, 0.15) is 5.75 Å². The van der Waals surface area contributed by atoms with Gasteiger partial charge in [-0.3, -0.25) is 0 Å². The molecular formula is C14H16BrNOS. The van der Waals surface area contributed by atoms with Crippen molar-refractivity contribution in [3.8, 4) is 5.75 Å². The first-order chi connectivity index (χ1) is 8.65. The molecule has 2 rings (SSSR count). The highest BCUT2D eigenvalue weighted by Gasteiger charge is 2.15. The van der Waals surface area contributed by atoms with Crippen LogP contribution in [0.5, 0.6) is 5.75 Å². The number of hydrogen-bond acceptors (Lipinski definition) is 3. The Kier molecular flexibility index (Phi) is 4.43. The molecule has 0 aliphatic carbocycles. The minimum Gasteiger partial charge on any atom is -0.496 e. The van der Waals surface area contributed by atoms with E-state index in [0.29, 0.717) is 6.54 Å².